The van der Waals surface area contributed by atoms with Crippen LogP contribution in [-0.4, -0.2) is 57.3 Å². The minimum atomic E-state index is -0.659. The first-order valence-corrected chi connectivity index (χ1v) is 11.0. The molecular formula is C23H33N7O3. The lowest BCUT2D eigenvalue weighted by Crippen LogP contribution is -2.37. The Morgan fingerprint density at radius 2 is 2.00 bits per heavy atom. The van der Waals surface area contributed by atoms with Crippen molar-refractivity contribution in [2.75, 3.05) is 11.9 Å². The summed E-state index contributed by atoms with van der Waals surface area (Å²) in [4.78, 5) is 26.1. The van der Waals surface area contributed by atoms with Crippen molar-refractivity contribution in [3.05, 3.63) is 35.7 Å². The lowest BCUT2D eigenvalue weighted by molar-refractivity contribution is 0.0490. The van der Waals surface area contributed by atoms with E-state index in [1.54, 1.807) is 33.1 Å². The molecule has 0 fully saturated rings. The van der Waals surface area contributed by atoms with E-state index in [-0.39, 0.29) is 24.2 Å². The maximum absolute atomic E-state index is 12.6. The van der Waals surface area contributed by atoms with E-state index in [9.17, 15) is 4.79 Å². The van der Waals surface area contributed by atoms with Gasteiger partial charge in [0.1, 0.15) is 17.6 Å². The molecule has 0 radical (unpaired) electrons. The van der Waals surface area contributed by atoms with Crippen molar-refractivity contribution in [1.29, 1.82) is 0 Å². The number of aliphatic imine (C=N–C) groups is 2. The monoisotopic (exact) mass is 455 g/mol. The van der Waals surface area contributed by atoms with Crippen LogP contribution >= 0.6 is 0 Å². The summed E-state index contributed by atoms with van der Waals surface area (Å²) in [6.45, 7) is 13.7. The zero-order valence-corrected chi connectivity index (χ0v) is 20.3. The Balaban J connectivity index is 1.73. The van der Waals surface area contributed by atoms with Gasteiger partial charge in [-0.3, -0.25) is 15.3 Å². The number of hydrogen-bond acceptors (Lipinski definition) is 9. The Morgan fingerprint density at radius 3 is 2.64 bits per heavy atom. The van der Waals surface area contributed by atoms with Gasteiger partial charge in [0.05, 0.1) is 24.6 Å². The van der Waals surface area contributed by atoms with Gasteiger partial charge in [0.25, 0.3) is 0 Å². The van der Waals surface area contributed by atoms with Crippen LogP contribution in [0.1, 0.15) is 58.8 Å². The van der Waals surface area contributed by atoms with Crippen molar-refractivity contribution in [1.82, 2.24) is 20.1 Å². The van der Waals surface area contributed by atoms with Crippen molar-refractivity contribution in [3.63, 3.8) is 0 Å². The number of pyridine rings is 1. The van der Waals surface area contributed by atoms with E-state index in [1.807, 2.05) is 46.0 Å². The number of hydrogen-bond donors (Lipinski definition) is 2. The van der Waals surface area contributed by atoms with Crippen LogP contribution in [0.2, 0.25) is 0 Å². The normalized spacial score (nSPS) is 17.0. The SMILES string of the molecule is Cc1ccc([C@H](C)NC2CN=CC(Nc3cc(OC(C)C)n(C(=O)OC(C)(C)C)n3)=N2)nc1. The first kappa shape index (κ1) is 24.4. The van der Waals surface area contributed by atoms with Gasteiger partial charge in [0.15, 0.2) is 5.82 Å². The number of rotatable bonds is 6. The van der Waals surface area contributed by atoms with Gasteiger partial charge in [-0.05, 0) is 60.1 Å². The smallest absolute Gasteiger partial charge is 0.438 e. The van der Waals surface area contributed by atoms with Gasteiger partial charge in [-0.15, -0.1) is 9.78 Å². The predicted molar refractivity (Wildman–Crippen MR) is 128 cm³/mol. The number of anilines is 1. The lowest BCUT2D eigenvalue weighted by atomic mass is 10.2. The molecule has 3 rings (SSSR count). The van der Waals surface area contributed by atoms with Crippen LogP contribution < -0.4 is 15.4 Å². The van der Waals surface area contributed by atoms with Gasteiger partial charge in [-0.2, -0.15) is 0 Å². The van der Waals surface area contributed by atoms with E-state index >= 15 is 0 Å². The Hall–Kier alpha value is -3.27. The Labute approximate surface area is 194 Å². The third kappa shape index (κ3) is 7.11. The average Bonchev–Trinajstić information content (AvgIpc) is 3.09. The van der Waals surface area contributed by atoms with Crippen LogP contribution in [0.25, 0.3) is 0 Å². The largest absolute Gasteiger partial charge is 0.475 e. The zero-order valence-electron chi connectivity index (χ0n) is 20.3. The quantitative estimate of drug-likeness (QED) is 0.682. The Morgan fingerprint density at radius 1 is 1.24 bits per heavy atom. The molecule has 2 aromatic heterocycles. The average molecular weight is 456 g/mol. The van der Waals surface area contributed by atoms with E-state index in [0.29, 0.717) is 18.2 Å². The molecule has 10 nitrogen and oxygen atoms in total. The molecule has 10 heteroatoms. The highest BCUT2D eigenvalue weighted by atomic mass is 16.6. The van der Waals surface area contributed by atoms with Gasteiger partial charge in [-0.1, -0.05) is 6.07 Å². The molecule has 3 heterocycles. The van der Waals surface area contributed by atoms with Crippen LogP contribution in [0.3, 0.4) is 0 Å². The van der Waals surface area contributed by atoms with Gasteiger partial charge in [-0.25, -0.2) is 9.79 Å². The van der Waals surface area contributed by atoms with Gasteiger partial charge in [0.2, 0.25) is 5.88 Å². The van der Waals surface area contributed by atoms with Crippen molar-refractivity contribution in [3.8, 4) is 5.88 Å². The number of nitrogens with zero attached hydrogens (tertiary/aromatic N) is 5. The molecule has 2 atom stereocenters. The molecule has 1 unspecified atom stereocenters. The summed E-state index contributed by atoms with van der Waals surface area (Å²) >= 11 is 0. The number of aryl methyl sites for hydroxylation is 1. The van der Waals surface area contributed by atoms with Gasteiger partial charge >= 0.3 is 6.09 Å². The molecule has 0 saturated heterocycles. The number of ether oxygens (including phenoxy) is 2. The molecule has 0 spiro atoms. The molecule has 2 aromatic rings. The molecule has 0 amide bonds. The third-order valence-corrected chi connectivity index (χ3v) is 4.46. The molecule has 33 heavy (non-hydrogen) atoms. The summed E-state index contributed by atoms with van der Waals surface area (Å²) in [6.07, 6.45) is 2.50. The third-order valence-electron chi connectivity index (χ3n) is 4.46. The topological polar surface area (TPSA) is 115 Å². The summed E-state index contributed by atoms with van der Waals surface area (Å²) in [7, 11) is 0. The van der Waals surface area contributed by atoms with E-state index < -0.39 is 11.7 Å². The Kier molecular flexibility index (Phi) is 7.47. The number of nitrogens with one attached hydrogen (secondary N) is 2. The number of aromatic nitrogens is 3. The summed E-state index contributed by atoms with van der Waals surface area (Å²) in [5.74, 6) is 1.20. The molecule has 0 saturated carbocycles. The summed E-state index contributed by atoms with van der Waals surface area (Å²) < 4.78 is 12.3. The van der Waals surface area contributed by atoms with Crippen LogP contribution in [0.4, 0.5) is 10.6 Å². The standard InChI is InChI=1S/C23H33N7O3/c1-14(2)32-21-10-18(29-30(21)22(31)33-23(5,6)7)27-20-13-24-12-19(28-20)26-16(4)17-9-8-15(3)11-25-17/h8-11,13-14,16,19,26H,12H2,1-7H3,(H,27,28,29)/t16-,19?/m0/s1. The number of amidine groups is 1. The predicted octanol–water partition coefficient (Wildman–Crippen LogP) is 3.73. The minimum Gasteiger partial charge on any atom is -0.475 e. The van der Waals surface area contributed by atoms with E-state index in [1.165, 1.54) is 0 Å². The molecule has 178 valence electrons. The second kappa shape index (κ2) is 10.1. The highest BCUT2D eigenvalue weighted by Gasteiger charge is 2.24. The number of carbonyl (C=O) groups is 1. The van der Waals surface area contributed by atoms with Crippen molar-refractivity contribution in [2.24, 2.45) is 9.98 Å². The molecular weight excluding hydrogens is 422 g/mol. The van der Waals surface area contributed by atoms with Crippen molar-refractivity contribution < 1.29 is 14.3 Å². The van der Waals surface area contributed by atoms with E-state index in [4.69, 9.17) is 9.47 Å². The van der Waals surface area contributed by atoms with Crippen LogP contribution in [0.5, 0.6) is 5.88 Å². The zero-order chi connectivity index (χ0) is 24.2. The second-order valence-corrected chi connectivity index (χ2v) is 9.22. The minimum absolute atomic E-state index is 0.00585. The first-order chi connectivity index (χ1) is 15.5. The van der Waals surface area contributed by atoms with Gasteiger partial charge < -0.3 is 14.8 Å². The molecule has 1 aliphatic rings. The van der Waals surface area contributed by atoms with E-state index in [0.717, 1.165) is 15.9 Å². The summed E-state index contributed by atoms with van der Waals surface area (Å²) in [5.41, 5.74) is 1.39. The Bertz CT molecular complexity index is 1020. The molecule has 2 N–H and O–H groups in total. The van der Waals surface area contributed by atoms with Crippen LogP contribution in [0, 0.1) is 6.92 Å². The maximum atomic E-state index is 12.6. The molecule has 1 aliphatic heterocycles. The van der Waals surface area contributed by atoms with E-state index in [2.05, 4.69) is 30.7 Å². The number of carbonyl (C=O) groups excluding carboxylic acids is 1. The highest BCUT2D eigenvalue weighted by molar-refractivity contribution is 6.35. The van der Waals surface area contributed by atoms with Gasteiger partial charge in [0, 0.05) is 18.3 Å². The summed E-state index contributed by atoms with van der Waals surface area (Å²) in [5, 5.41) is 10.9. The fraction of sp³-hybridized carbons (Fsp3) is 0.522. The fourth-order valence-electron chi connectivity index (χ4n) is 3.06. The lowest BCUT2D eigenvalue weighted by Gasteiger charge is -2.21. The highest BCUT2D eigenvalue weighted by Crippen LogP contribution is 2.21. The second-order valence-electron chi connectivity index (χ2n) is 9.22. The fourth-order valence-corrected chi connectivity index (χ4v) is 3.06. The molecule has 0 aromatic carbocycles. The maximum Gasteiger partial charge on any atom is 0.438 e. The molecule has 0 aliphatic carbocycles. The van der Waals surface area contributed by atoms with Crippen LogP contribution in [0.15, 0.2) is 34.4 Å². The first-order valence-electron chi connectivity index (χ1n) is 11.0. The van der Waals surface area contributed by atoms with Crippen molar-refractivity contribution in [2.45, 2.75) is 72.4 Å². The van der Waals surface area contributed by atoms with Crippen LogP contribution in [-0.2, 0) is 4.74 Å². The van der Waals surface area contributed by atoms with Crippen molar-refractivity contribution >= 4 is 24.0 Å². The summed E-state index contributed by atoms with van der Waals surface area (Å²) in [6, 6.07) is 5.68. The molecule has 0 bridgehead atoms.